The number of rotatable bonds is 2. The molecule has 2 nitrogen and oxygen atoms in total. The molecule has 88 valence electrons. The first-order chi connectivity index (χ1) is 8.06. The van der Waals surface area contributed by atoms with E-state index in [-0.39, 0.29) is 11.7 Å². The number of nitrogens with one attached hydrogen (secondary N) is 1. The number of thiophene rings is 1. The van der Waals surface area contributed by atoms with Crippen LogP contribution in [-0.2, 0) is 0 Å². The molecule has 5 heteroatoms. The Labute approximate surface area is 111 Å². The highest BCUT2D eigenvalue weighted by atomic mass is 79.9. The SMILES string of the molecule is Cc1cc(NC(=O)c2csc(Br)c2)ccc1F. The van der Waals surface area contributed by atoms with Crippen LogP contribution in [-0.4, -0.2) is 5.91 Å². The summed E-state index contributed by atoms with van der Waals surface area (Å²) in [6, 6.07) is 6.24. The molecule has 0 radical (unpaired) electrons. The third-order valence-electron chi connectivity index (χ3n) is 2.25. The fourth-order valence-corrected chi connectivity index (χ4v) is 2.49. The second kappa shape index (κ2) is 4.98. The summed E-state index contributed by atoms with van der Waals surface area (Å²) in [6.07, 6.45) is 0. The lowest BCUT2D eigenvalue weighted by molar-refractivity contribution is 0.102. The maximum absolute atomic E-state index is 13.0. The lowest BCUT2D eigenvalue weighted by atomic mass is 10.2. The van der Waals surface area contributed by atoms with Gasteiger partial charge in [0.2, 0.25) is 0 Å². The molecular weight excluding hydrogens is 305 g/mol. The molecule has 0 bridgehead atoms. The zero-order chi connectivity index (χ0) is 12.4. The van der Waals surface area contributed by atoms with Crippen LogP contribution in [0, 0.1) is 12.7 Å². The van der Waals surface area contributed by atoms with E-state index in [0.717, 1.165) is 3.79 Å². The van der Waals surface area contributed by atoms with Gasteiger partial charge in [-0.15, -0.1) is 11.3 Å². The zero-order valence-corrected chi connectivity index (χ0v) is 11.4. The number of benzene rings is 1. The Morgan fingerprint density at radius 3 is 2.76 bits per heavy atom. The molecule has 1 aromatic heterocycles. The van der Waals surface area contributed by atoms with Crippen molar-refractivity contribution in [1.82, 2.24) is 0 Å². The quantitative estimate of drug-likeness (QED) is 0.884. The van der Waals surface area contributed by atoms with Crippen LogP contribution in [0.25, 0.3) is 0 Å². The number of halogens is 2. The molecule has 1 aromatic carbocycles. The van der Waals surface area contributed by atoms with Crippen molar-refractivity contribution in [3.63, 3.8) is 0 Å². The van der Waals surface area contributed by atoms with Crippen molar-refractivity contribution in [2.45, 2.75) is 6.92 Å². The normalized spacial score (nSPS) is 10.3. The molecule has 2 rings (SSSR count). The van der Waals surface area contributed by atoms with Gasteiger partial charge in [-0.1, -0.05) is 0 Å². The Morgan fingerprint density at radius 2 is 2.18 bits per heavy atom. The Kier molecular flexibility index (Phi) is 3.59. The van der Waals surface area contributed by atoms with Gasteiger partial charge in [-0.25, -0.2) is 4.39 Å². The summed E-state index contributed by atoms with van der Waals surface area (Å²) in [5, 5.41) is 4.48. The van der Waals surface area contributed by atoms with Gasteiger partial charge in [-0.2, -0.15) is 0 Å². The molecule has 1 N–H and O–H groups in total. The minimum absolute atomic E-state index is 0.196. The highest BCUT2D eigenvalue weighted by Crippen LogP contribution is 2.22. The molecule has 0 fully saturated rings. The van der Waals surface area contributed by atoms with Gasteiger partial charge in [0.25, 0.3) is 5.91 Å². The summed E-state index contributed by atoms with van der Waals surface area (Å²) in [4.78, 5) is 11.8. The average Bonchev–Trinajstić information content (AvgIpc) is 2.70. The van der Waals surface area contributed by atoms with Gasteiger partial charge in [-0.05, 0) is 52.7 Å². The molecule has 0 unspecified atom stereocenters. The van der Waals surface area contributed by atoms with Gasteiger partial charge < -0.3 is 5.32 Å². The number of amides is 1. The summed E-state index contributed by atoms with van der Waals surface area (Å²) in [7, 11) is 0. The Balaban J connectivity index is 2.15. The summed E-state index contributed by atoms with van der Waals surface area (Å²) >= 11 is 4.74. The van der Waals surface area contributed by atoms with E-state index >= 15 is 0 Å². The summed E-state index contributed by atoms with van der Waals surface area (Å²) in [5.41, 5.74) is 1.69. The van der Waals surface area contributed by atoms with E-state index < -0.39 is 0 Å². The standard InChI is InChI=1S/C12H9BrFNOS/c1-7-4-9(2-3-10(7)14)15-12(16)8-5-11(13)17-6-8/h2-6H,1H3,(H,15,16). The van der Waals surface area contributed by atoms with Crippen molar-refractivity contribution in [2.24, 2.45) is 0 Å². The van der Waals surface area contributed by atoms with Crippen molar-refractivity contribution in [3.05, 3.63) is 50.4 Å². The molecule has 1 amide bonds. The van der Waals surface area contributed by atoms with Gasteiger partial charge in [0, 0.05) is 11.1 Å². The van der Waals surface area contributed by atoms with E-state index in [0.29, 0.717) is 16.8 Å². The summed E-state index contributed by atoms with van der Waals surface area (Å²) < 4.78 is 13.9. The first-order valence-corrected chi connectivity index (χ1v) is 6.55. The fourth-order valence-electron chi connectivity index (χ4n) is 1.35. The van der Waals surface area contributed by atoms with Crippen molar-refractivity contribution in [2.75, 3.05) is 5.32 Å². The van der Waals surface area contributed by atoms with Crippen LogP contribution in [0.3, 0.4) is 0 Å². The van der Waals surface area contributed by atoms with Gasteiger partial charge >= 0.3 is 0 Å². The first-order valence-electron chi connectivity index (χ1n) is 4.88. The van der Waals surface area contributed by atoms with Gasteiger partial charge in [0.1, 0.15) is 5.82 Å². The summed E-state index contributed by atoms with van der Waals surface area (Å²) in [5.74, 6) is -0.473. The second-order valence-electron chi connectivity index (χ2n) is 3.56. The van der Waals surface area contributed by atoms with E-state index in [2.05, 4.69) is 21.2 Å². The third-order valence-corrected chi connectivity index (χ3v) is 3.75. The second-order valence-corrected chi connectivity index (χ2v) is 5.85. The largest absolute Gasteiger partial charge is 0.322 e. The molecule has 0 saturated heterocycles. The smallest absolute Gasteiger partial charge is 0.256 e. The highest BCUT2D eigenvalue weighted by Gasteiger charge is 2.08. The van der Waals surface area contributed by atoms with Crippen LogP contribution in [0.2, 0.25) is 0 Å². The van der Waals surface area contributed by atoms with Crippen LogP contribution < -0.4 is 5.32 Å². The maximum atomic E-state index is 13.0. The molecule has 1 heterocycles. The molecule has 0 aliphatic carbocycles. The van der Waals surface area contributed by atoms with Crippen molar-refractivity contribution in [3.8, 4) is 0 Å². The number of carbonyl (C=O) groups is 1. The Morgan fingerprint density at radius 1 is 1.41 bits per heavy atom. The number of hydrogen-bond acceptors (Lipinski definition) is 2. The van der Waals surface area contributed by atoms with E-state index in [4.69, 9.17) is 0 Å². The van der Waals surface area contributed by atoms with Crippen LogP contribution in [0.4, 0.5) is 10.1 Å². The predicted molar refractivity (Wildman–Crippen MR) is 71.1 cm³/mol. The average molecular weight is 314 g/mol. The van der Waals surface area contributed by atoms with Crippen molar-refractivity contribution >= 4 is 38.9 Å². The van der Waals surface area contributed by atoms with E-state index in [9.17, 15) is 9.18 Å². The maximum Gasteiger partial charge on any atom is 0.256 e. The van der Waals surface area contributed by atoms with Crippen LogP contribution in [0.5, 0.6) is 0 Å². The molecule has 2 aromatic rings. The van der Waals surface area contributed by atoms with Gasteiger partial charge in [-0.3, -0.25) is 4.79 Å². The monoisotopic (exact) mass is 313 g/mol. The molecular formula is C12H9BrFNOS. The topological polar surface area (TPSA) is 29.1 Å². The third kappa shape index (κ3) is 2.92. The number of anilines is 1. The zero-order valence-electron chi connectivity index (χ0n) is 8.96. The van der Waals surface area contributed by atoms with Crippen molar-refractivity contribution in [1.29, 1.82) is 0 Å². The minimum atomic E-state index is -0.277. The molecule has 0 aliphatic rings. The van der Waals surface area contributed by atoms with Crippen LogP contribution in [0.15, 0.2) is 33.4 Å². The first kappa shape index (κ1) is 12.3. The minimum Gasteiger partial charge on any atom is -0.322 e. The van der Waals surface area contributed by atoms with Crippen molar-refractivity contribution < 1.29 is 9.18 Å². The molecule has 0 spiro atoms. The number of hydrogen-bond donors (Lipinski definition) is 1. The van der Waals surface area contributed by atoms with Crippen LogP contribution >= 0.6 is 27.3 Å². The lowest BCUT2D eigenvalue weighted by Crippen LogP contribution is -2.10. The molecule has 0 saturated carbocycles. The Bertz CT molecular complexity index is 567. The summed E-state index contributed by atoms with van der Waals surface area (Å²) in [6.45, 7) is 1.66. The molecule has 17 heavy (non-hydrogen) atoms. The van der Waals surface area contributed by atoms with E-state index in [1.54, 1.807) is 30.5 Å². The van der Waals surface area contributed by atoms with Gasteiger partial charge in [0.05, 0.1) is 9.35 Å². The van der Waals surface area contributed by atoms with Gasteiger partial charge in [0.15, 0.2) is 0 Å². The Hall–Kier alpha value is -1.20. The van der Waals surface area contributed by atoms with E-state index in [1.165, 1.54) is 17.4 Å². The lowest BCUT2D eigenvalue weighted by Gasteiger charge is -2.05. The predicted octanol–water partition coefficient (Wildman–Crippen LogP) is 4.21. The molecule has 0 aliphatic heterocycles. The highest BCUT2D eigenvalue weighted by molar-refractivity contribution is 9.11. The molecule has 0 atom stereocenters. The van der Waals surface area contributed by atoms with Crippen LogP contribution in [0.1, 0.15) is 15.9 Å². The number of carbonyl (C=O) groups excluding carboxylic acids is 1. The van der Waals surface area contributed by atoms with E-state index in [1.807, 2.05) is 0 Å². The number of aryl methyl sites for hydroxylation is 1. The fraction of sp³-hybridized carbons (Fsp3) is 0.0833.